The van der Waals surface area contributed by atoms with Gasteiger partial charge >= 0.3 is 0 Å². The zero-order valence-corrected chi connectivity index (χ0v) is 10.2. The number of rotatable bonds is 5. The van der Waals surface area contributed by atoms with Crippen LogP contribution < -0.4 is 0 Å². The lowest BCUT2D eigenvalue weighted by atomic mass is 9.83. The molecule has 0 bridgehead atoms. The summed E-state index contributed by atoms with van der Waals surface area (Å²) in [6.07, 6.45) is 2.45. The average molecular weight is 203 g/mol. The number of hydrogen-bond acceptors (Lipinski definition) is 0. The maximum Gasteiger partial charge on any atom is -0.0248 e. The molecule has 0 nitrogen and oxygen atoms in total. The van der Waals surface area contributed by atoms with E-state index >= 15 is 0 Å². The fourth-order valence-electron chi connectivity index (χ4n) is 2.04. The van der Waals surface area contributed by atoms with Gasteiger partial charge in [-0.1, -0.05) is 58.0 Å². The van der Waals surface area contributed by atoms with Gasteiger partial charge in [-0.2, -0.15) is 0 Å². The van der Waals surface area contributed by atoms with Crippen molar-refractivity contribution in [3.05, 3.63) is 42.8 Å². The van der Waals surface area contributed by atoms with Gasteiger partial charge in [-0.15, -0.1) is 0 Å². The Morgan fingerprint density at radius 1 is 1.07 bits per heavy atom. The van der Waals surface area contributed by atoms with Crippen LogP contribution in [0.5, 0.6) is 0 Å². The van der Waals surface area contributed by atoms with E-state index in [2.05, 4.69) is 58.0 Å². The molecule has 0 amide bonds. The minimum atomic E-state index is 0.535. The molecule has 0 saturated carbocycles. The minimum Gasteiger partial charge on any atom is -0.0628 e. The third kappa shape index (κ3) is 4.51. The summed E-state index contributed by atoms with van der Waals surface area (Å²) in [6, 6.07) is 10.8. The molecule has 0 fully saturated rings. The zero-order valence-electron chi connectivity index (χ0n) is 10.2. The van der Waals surface area contributed by atoms with Gasteiger partial charge in [-0.05, 0) is 36.2 Å². The molecule has 0 N–H and O–H groups in total. The topological polar surface area (TPSA) is 0 Å². The Hall–Kier alpha value is -0.780. The molecule has 2 atom stereocenters. The predicted molar refractivity (Wildman–Crippen MR) is 67.6 cm³/mol. The highest BCUT2D eigenvalue weighted by Crippen LogP contribution is 2.24. The van der Waals surface area contributed by atoms with Gasteiger partial charge in [-0.25, -0.2) is 0 Å². The van der Waals surface area contributed by atoms with Gasteiger partial charge < -0.3 is 0 Å². The van der Waals surface area contributed by atoms with Crippen molar-refractivity contribution < 1.29 is 0 Å². The Bertz CT molecular complexity index is 259. The van der Waals surface area contributed by atoms with Gasteiger partial charge in [0.25, 0.3) is 0 Å². The van der Waals surface area contributed by atoms with Crippen LogP contribution in [0, 0.1) is 24.7 Å². The Morgan fingerprint density at radius 2 is 1.67 bits per heavy atom. The van der Waals surface area contributed by atoms with E-state index in [1.54, 1.807) is 0 Å². The molecule has 0 saturated heterocycles. The van der Waals surface area contributed by atoms with Crippen molar-refractivity contribution in [2.24, 2.45) is 17.8 Å². The van der Waals surface area contributed by atoms with E-state index < -0.39 is 0 Å². The van der Waals surface area contributed by atoms with E-state index in [1.807, 2.05) is 0 Å². The van der Waals surface area contributed by atoms with Crippen molar-refractivity contribution in [1.82, 2.24) is 0 Å². The molecule has 0 spiro atoms. The van der Waals surface area contributed by atoms with E-state index in [1.165, 1.54) is 18.4 Å². The predicted octanol–water partition coefficient (Wildman–Crippen LogP) is 4.36. The van der Waals surface area contributed by atoms with Crippen LogP contribution in [0.25, 0.3) is 0 Å². The van der Waals surface area contributed by atoms with Crippen molar-refractivity contribution in [1.29, 1.82) is 0 Å². The third-order valence-corrected chi connectivity index (χ3v) is 2.92. The Kier molecular flexibility index (Phi) is 4.87. The van der Waals surface area contributed by atoms with E-state index in [0.717, 1.165) is 5.92 Å². The van der Waals surface area contributed by atoms with Crippen molar-refractivity contribution >= 4 is 0 Å². The third-order valence-electron chi connectivity index (χ3n) is 2.92. The molecule has 0 aromatic heterocycles. The summed E-state index contributed by atoms with van der Waals surface area (Å²) in [6.45, 7) is 11.0. The molecule has 83 valence electrons. The molecule has 1 aromatic rings. The number of hydrogen-bond donors (Lipinski definition) is 0. The summed E-state index contributed by atoms with van der Waals surface area (Å²) in [5.41, 5.74) is 1.44. The lowest BCUT2D eigenvalue weighted by Gasteiger charge is -2.22. The normalized spacial score (nSPS) is 13.5. The molecule has 0 aliphatic carbocycles. The van der Waals surface area contributed by atoms with Crippen molar-refractivity contribution in [3.63, 3.8) is 0 Å². The van der Waals surface area contributed by atoms with E-state index in [0.29, 0.717) is 11.8 Å². The SMILES string of the molecule is [CH2]C(C)C(Cc1ccccc1)CC(C)C. The molecular formula is C15H23. The van der Waals surface area contributed by atoms with Crippen LogP contribution in [-0.2, 0) is 6.42 Å². The van der Waals surface area contributed by atoms with Gasteiger partial charge in [0.2, 0.25) is 0 Å². The van der Waals surface area contributed by atoms with Gasteiger partial charge in [0.1, 0.15) is 0 Å². The first-order valence-corrected chi connectivity index (χ1v) is 5.96. The van der Waals surface area contributed by atoms with Crippen LogP contribution in [0.1, 0.15) is 32.8 Å². The van der Waals surface area contributed by atoms with Crippen LogP contribution in [0.4, 0.5) is 0 Å². The molecule has 2 unspecified atom stereocenters. The summed E-state index contributed by atoms with van der Waals surface area (Å²) in [5.74, 6) is 2.02. The molecule has 0 heterocycles. The quantitative estimate of drug-likeness (QED) is 0.667. The van der Waals surface area contributed by atoms with E-state index in [9.17, 15) is 0 Å². The van der Waals surface area contributed by atoms with Crippen LogP contribution in [0.15, 0.2) is 30.3 Å². The van der Waals surface area contributed by atoms with Gasteiger partial charge in [0.05, 0.1) is 0 Å². The summed E-state index contributed by atoms with van der Waals surface area (Å²) in [4.78, 5) is 0. The van der Waals surface area contributed by atoms with Gasteiger partial charge in [0, 0.05) is 0 Å². The maximum absolute atomic E-state index is 4.19. The molecule has 0 heteroatoms. The molecule has 15 heavy (non-hydrogen) atoms. The van der Waals surface area contributed by atoms with E-state index in [4.69, 9.17) is 0 Å². The van der Waals surface area contributed by atoms with Gasteiger partial charge in [-0.3, -0.25) is 0 Å². The molecule has 0 aliphatic heterocycles. The highest BCUT2D eigenvalue weighted by Gasteiger charge is 2.15. The molecule has 0 aliphatic rings. The highest BCUT2D eigenvalue weighted by atomic mass is 14.2. The fourth-order valence-corrected chi connectivity index (χ4v) is 2.04. The van der Waals surface area contributed by atoms with Crippen LogP contribution in [-0.4, -0.2) is 0 Å². The highest BCUT2D eigenvalue weighted by molar-refractivity contribution is 5.15. The van der Waals surface area contributed by atoms with Crippen LogP contribution in [0.3, 0.4) is 0 Å². The Balaban J connectivity index is 2.59. The van der Waals surface area contributed by atoms with Crippen molar-refractivity contribution in [3.8, 4) is 0 Å². The maximum atomic E-state index is 4.19. The molecular weight excluding hydrogens is 180 g/mol. The second-order valence-electron chi connectivity index (χ2n) is 5.06. The zero-order chi connectivity index (χ0) is 11.3. The second kappa shape index (κ2) is 5.95. The lowest BCUT2D eigenvalue weighted by molar-refractivity contribution is 0.337. The fraction of sp³-hybridized carbons (Fsp3) is 0.533. The molecule has 1 radical (unpaired) electrons. The Labute approximate surface area is 94.7 Å². The summed E-state index contributed by atoms with van der Waals surface area (Å²) in [7, 11) is 0. The standard InChI is InChI=1S/C15H23/c1-12(2)10-15(13(3)4)11-14-8-6-5-7-9-14/h5-9,12-13,15H,3,10-11H2,1-2,4H3. The monoisotopic (exact) mass is 203 g/mol. The molecule has 1 aromatic carbocycles. The summed E-state index contributed by atoms with van der Waals surface area (Å²) >= 11 is 0. The lowest BCUT2D eigenvalue weighted by Crippen LogP contribution is -2.14. The first kappa shape index (κ1) is 12.3. The smallest absolute Gasteiger partial charge is 0.0248 e. The van der Waals surface area contributed by atoms with Gasteiger partial charge in [0.15, 0.2) is 0 Å². The van der Waals surface area contributed by atoms with Crippen molar-refractivity contribution in [2.45, 2.75) is 33.6 Å². The first-order chi connectivity index (χ1) is 7.09. The van der Waals surface area contributed by atoms with E-state index in [-0.39, 0.29) is 0 Å². The first-order valence-electron chi connectivity index (χ1n) is 5.96. The van der Waals surface area contributed by atoms with Crippen LogP contribution in [0.2, 0.25) is 0 Å². The summed E-state index contributed by atoms with van der Waals surface area (Å²) in [5, 5.41) is 0. The second-order valence-corrected chi connectivity index (χ2v) is 5.06. The molecule has 1 rings (SSSR count). The Morgan fingerprint density at radius 3 is 2.13 bits per heavy atom. The van der Waals surface area contributed by atoms with Crippen LogP contribution >= 0.6 is 0 Å². The minimum absolute atomic E-state index is 0.535. The summed E-state index contributed by atoms with van der Waals surface area (Å²) < 4.78 is 0. The van der Waals surface area contributed by atoms with Crippen molar-refractivity contribution in [2.75, 3.05) is 0 Å². The number of benzene rings is 1. The largest absolute Gasteiger partial charge is 0.0628 e. The average Bonchev–Trinajstić information content (AvgIpc) is 2.17.